The van der Waals surface area contributed by atoms with Gasteiger partial charge in [-0.3, -0.25) is 4.79 Å². The average molecular weight is 285 g/mol. The van der Waals surface area contributed by atoms with E-state index >= 15 is 0 Å². The number of hydrogen-bond donors (Lipinski definition) is 0. The molecule has 0 saturated carbocycles. The van der Waals surface area contributed by atoms with E-state index in [1.165, 1.54) is 16.7 Å². The number of nitrogens with zero attached hydrogens (tertiary/aromatic N) is 3. The fourth-order valence-corrected chi connectivity index (χ4v) is 1.91. The lowest BCUT2D eigenvalue weighted by molar-refractivity contribution is 0.370. The zero-order chi connectivity index (χ0) is 14.8. The largest absolute Gasteiger partial charge is 0.337 e. The lowest BCUT2D eigenvalue weighted by Gasteiger charge is -1.99. The van der Waals surface area contributed by atoms with E-state index < -0.39 is 0 Å². The summed E-state index contributed by atoms with van der Waals surface area (Å²) in [7, 11) is 0. The molecule has 3 aromatic rings. The van der Waals surface area contributed by atoms with Crippen molar-refractivity contribution in [3.63, 3.8) is 0 Å². The predicted octanol–water partition coefficient (Wildman–Crippen LogP) is 2.39. The third-order valence-electron chi connectivity index (χ3n) is 3.10. The van der Waals surface area contributed by atoms with E-state index in [-0.39, 0.29) is 17.9 Å². The monoisotopic (exact) mass is 285 g/mol. The van der Waals surface area contributed by atoms with E-state index in [2.05, 4.69) is 10.1 Å². The van der Waals surface area contributed by atoms with Gasteiger partial charge in [0.1, 0.15) is 12.4 Å². The van der Waals surface area contributed by atoms with Crippen molar-refractivity contribution in [3.8, 4) is 11.4 Å². The number of rotatable bonds is 3. The summed E-state index contributed by atoms with van der Waals surface area (Å²) in [6, 6.07) is 9.59. The minimum Gasteiger partial charge on any atom is -0.337 e. The normalized spacial score (nSPS) is 10.8. The summed E-state index contributed by atoms with van der Waals surface area (Å²) in [6.45, 7) is 1.86. The van der Waals surface area contributed by atoms with Crippen molar-refractivity contribution in [2.24, 2.45) is 0 Å². The molecule has 0 aliphatic heterocycles. The number of halogens is 1. The van der Waals surface area contributed by atoms with E-state index in [9.17, 15) is 9.18 Å². The van der Waals surface area contributed by atoms with Crippen molar-refractivity contribution in [3.05, 3.63) is 70.2 Å². The fourth-order valence-electron chi connectivity index (χ4n) is 1.91. The molecule has 0 bridgehead atoms. The van der Waals surface area contributed by atoms with Gasteiger partial charge >= 0.3 is 0 Å². The topological polar surface area (TPSA) is 60.9 Å². The van der Waals surface area contributed by atoms with Crippen molar-refractivity contribution in [1.82, 2.24) is 14.7 Å². The fraction of sp³-hybridized carbons (Fsp3) is 0.133. The Labute approximate surface area is 119 Å². The molecule has 5 nitrogen and oxygen atoms in total. The molecule has 0 unspecified atom stereocenters. The summed E-state index contributed by atoms with van der Waals surface area (Å²) in [4.78, 5) is 15.8. The highest BCUT2D eigenvalue weighted by Crippen LogP contribution is 2.19. The lowest BCUT2D eigenvalue weighted by Crippen LogP contribution is -2.18. The Balaban J connectivity index is 1.88. The molecule has 0 radical (unpaired) electrons. The molecular weight excluding hydrogens is 273 g/mol. The number of benzene rings is 1. The maximum atomic E-state index is 13.5. The summed E-state index contributed by atoms with van der Waals surface area (Å²) in [5, 5.41) is 3.81. The van der Waals surface area contributed by atoms with Crippen LogP contribution in [0.2, 0.25) is 0 Å². The Kier molecular flexibility index (Phi) is 3.35. The summed E-state index contributed by atoms with van der Waals surface area (Å²) in [5.74, 6) is 0.269. The molecule has 2 heterocycles. The first-order valence-corrected chi connectivity index (χ1v) is 6.38. The standard InChI is InChI=1S/C15H12FN3O2/c1-10-5-6-11(8-12(10)16)15-17-13(21-18-15)9-19-7-3-2-4-14(19)20/h2-8H,9H2,1H3. The van der Waals surface area contributed by atoms with Crippen molar-refractivity contribution in [2.45, 2.75) is 13.5 Å². The van der Waals surface area contributed by atoms with Gasteiger partial charge < -0.3 is 9.09 Å². The molecule has 0 spiro atoms. The highest BCUT2D eigenvalue weighted by molar-refractivity contribution is 5.54. The third-order valence-corrected chi connectivity index (χ3v) is 3.10. The average Bonchev–Trinajstić information content (AvgIpc) is 2.93. The van der Waals surface area contributed by atoms with Gasteiger partial charge in [0, 0.05) is 17.8 Å². The maximum Gasteiger partial charge on any atom is 0.250 e. The first-order valence-electron chi connectivity index (χ1n) is 6.38. The predicted molar refractivity (Wildman–Crippen MR) is 74.2 cm³/mol. The smallest absolute Gasteiger partial charge is 0.250 e. The molecule has 0 amide bonds. The summed E-state index contributed by atoms with van der Waals surface area (Å²) < 4.78 is 20.1. The van der Waals surface area contributed by atoms with Crippen molar-refractivity contribution >= 4 is 0 Å². The van der Waals surface area contributed by atoms with Gasteiger partial charge in [-0.15, -0.1) is 0 Å². The second-order valence-corrected chi connectivity index (χ2v) is 4.64. The first kappa shape index (κ1) is 13.2. The van der Waals surface area contributed by atoms with Gasteiger partial charge in [0.2, 0.25) is 11.7 Å². The molecule has 0 N–H and O–H groups in total. The molecule has 106 valence electrons. The number of aromatic nitrogens is 3. The Morgan fingerprint density at radius 2 is 2.14 bits per heavy atom. The molecular formula is C15H12FN3O2. The SMILES string of the molecule is Cc1ccc(-c2noc(Cn3ccccc3=O)n2)cc1F. The van der Waals surface area contributed by atoms with Crippen LogP contribution in [0.5, 0.6) is 0 Å². The summed E-state index contributed by atoms with van der Waals surface area (Å²) in [5.41, 5.74) is 0.936. The van der Waals surface area contributed by atoms with E-state index in [1.54, 1.807) is 37.4 Å². The van der Waals surface area contributed by atoms with Crippen molar-refractivity contribution in [1.29, 1.82) is 0 Å². The number of pyridine rings is 1. The zero-order valence-electron chi connectivity index (χ0n) is 11.3. The molecule has 0 fully saturated rings. The number of aryl methyl sites for hydroxylation is 1. The van der Waals surface area contributed by atoms with Gasteiger partial charge in [0.15, 0.2) is 0 Å². The van der Waals surface area contributed by atoms with Crippen LogP contribution in [0.1, 0.15) is 11.5 Å². The molecule has 0 aliphatic rings. The number of hydrogen-bond acceptors (Lipinski definition) is 4. The Bertz CT molecular complexity index is 839. The Morgan fingerprint density at radius 3 is 2.90 bits per heavy atom. The van der Waals surface area contributed by atoms with E-state index in [4.69, 9.17) is 4.52 Å². The van der Waals surface area contributed by atoms with E-state index in [0.29, 0.717) is 22.8 Å². The molecule has 6 heteroatoms. The lowest BCUT2D eigenvalue weighted by atomic mass is 10.1. The van der Waals surface area contributed by atoms with Crippen LogP contribution in [-0.2, 0) is 6.54 Å². The van der Waals surface area contributed by atoms with Crippen LogP contribution in [0.15, 0.2) is 51.9 Å². The van der Waals surface area contributed by atoms with Crippen LogP contribution in [0.25, 0.3) is 11.4 Å². The molecule has 2 aromatic heterocycles. The van der Waals surface area contributed by atoms with Crippen LogP contribution < -0.4 is 5.56 Å². The van der Waals surface area contributed by atoms with Crippen molar-refractivity contribution < 1.29 is 8.91 Å². The minimum atomic E-state index is -0.321. The third kappa shape index (κ3) is 2.74. The molecule has 21 heavy (non-hydrogen) atoms. The molecule has 0 aliphatic carbocycles. The van der Waals surface area contributed by atoms with Crippen LogP contribution in [0.4, 0.5) is 4.39 Å². The quantitative estimate of drug-likeness (QED) is 0.741. The molecule has 0 saturated heterocycles. The van der Waals surface area contributed by atoms with Crippen molar-refractivity contribution in [2.75, 3.05) is 0 Å². The molecule has 1 aromatic carbocycles. The second-order valence-electron chi connectivity index (χ2n) is 4.64. The highest BCUT2D eigenvalue weighted by atomic mass is 19.1. The van der Waals surface area contributed by atoms with Crippen LogP contribution >= 0.6 is 0 Å². The molecule has 0 atom stereocenters. The van der Waals surface area contributed by atoms with E-state index in [0.717, 1.165) is 0 Å². The van der Waals surface area contributed by atoms with Gasteiger partial charge in [-0.25, -0.2) is 4.39 Å². The molecule has 3 rings (SSSR count). The van der Waals surface area contributed by atoms with E-state index in [1.807, 2.05) is 0 Å². The van der Waals surface area contributed by atoms with Gasteiger partial charge in [-0.2, -0.15) is 4.98 Å². The second kappa shape index (κ2) is 5.32. The van der Waals surface area contributed by atoms with Gasteiger partial charge in [-0.1, -0.05) is 23.4 Å². The van der Waals surface area contributed by atoms with Crippen LogP contribution in [0.3, 0.4) is 0 Å². The maximum absolute atomic E-state index is 13.5. The van der Waals surface area contributed by atoms with Crippen LogP contribution in [-0.4, -0.2) is 14.7 Å². The summed E-state index contributed by atoms with van der Waals surface area (Å²) >= 11 is 0. The van der Waals surface area contributed by atoms with Crippen LogP contribution in [0, 0.1) is 12.7 Å². The minimum absolute atomic E-state index is 0.154. The van der Waals surface area contributed by atoms with Gasteiger partial charge in [-0.05, 0) is 24.6 Å². The Morgan fingerprint density at radius 1 is 1.29 bits per heavy atom. The summed E-state index contributed by atoms with van der Waals surface area (Å²) in [6.07, 6.45) is 1.64. The van der Waals surface area contributed by atoms with Gasteiger partial charge in [0.25, 0.3) is 5.56 Å². The highest BCUT2D eigenvalue weighted by Gasteiger charge is 2.11. The van der Waals surface area contributed by atoms with Gasteiger partial charge in [0.05, 0.1) is 0 Å². The zero-order valence-corrected chi connectivity index (χ0v) is 11.3. The Hall–Kier alpha value is -2.76. The first-order chi connectivity index (χ1) is 10.1.